The van der Waals surface area contributed by atoms with Crippen LogP contribution in [0.1, 0.15) is 28.8 Å². The van der Waals surface area contributed by atoms with Gasteiger partial charge in [-0.05, 0) is 43.4 Å². The van der Waals surface area contributed by atoms with Crippen LogP contribution in [0.2, 0.25) is 5.02 Å². The summed E-state index contributed by atoms with van der Waals surface area (Å²) < 4.78 is 0. The van der Waals surface area contributed by atoms with Gasteiger partial charge in [0.2, 0.25) is 0 Å². The van der Waals surface area contributed by atoms with E-state index in [1.165, 1.54) is 0 Å². The molecule has 0 aliphatic heterocycles. The highest BCUT2D eigenvalue weighted by Gasteiger charge is 2.31. The largest absolute Gasteiger partial charge is 0.348 e. The van der Waals surface area contributed by atoms with Crippen LogP contribution in [0.25, 0.3) is 0 Å². The highest BCUT2D eigenvalue weighted by Crippen LogP contribution is 2.32. The Morgan fingerprint density at radius 1 is 1.59 bits per heavy atom. The average molecular weight is 253 g/mol. The molecule has 0 bridgehead atoms. The van der Waals surface area contributed by atoms with Crippen LogP contribution < -0.4 is 11.1 Å². The minimum absolute atomic E-state index is 0.0765. The van der Waals surface area contributed by atoms with Crippen molar-refractivity contribution in [1.82, 2.24) is 5.32 Å². The number of hydrogen-bond donors (Lipinski definition) is 2. The maximum Gasteiger partial charge on any atom is 0.251 e. The number of carbonyl (C=O) groups is 1. The van der Waals surface area contributed by atoms with Gasteiger partial charge in [0, 0.05) is 23.2 Å². The number of carbonyl (C=O) groups excluding carboxylic acids is 1. The van der Waals surface area contributed by atoms with Crippen molar-refractivity contribution in [1.29, 1.82) is 0 Å². The predicted octanol–water partition coefficient (Wildman–Crippen LogP) is 2.12. The van der Waals surface area contributed by atoms with Crippen molar-refractivity contribution >= 4 is 17.5 Å². The van der Waals surface area contributed by atoms with Gasteiger partial charge in [0.1, 0.15) is 0 Å². The molecule has 0 aromatic heterocycles. The third kappa shape index (κ3) is 2.99. The number of amides is 1. The molecule has 1 atom stereocenters. The monoisotopic (exact) mass is 252 g/mol. The number of hydrogen-bond acceptors (Lipinski definition) is 2. The summed E-state index contributed by atoms with van der Waals surface area (Å²) in [5, 5.41) is 3.57. The molecule has 1 saturated carbocycles. The zero-order valence-corrected chi connectivity index (χ0v) is 10.6. The van der Waals surface area contributed by atoms with Gasteiger partial charge in [-0.15, -0.1) is 0 Å². The first kappa shape index (κ1) is 12.4. The van der Waals surface area contributed by atoms with Gasteiger partial charge >= 0.3 is 0 Å². The molecular weight excluding hydrogens is 236 g/mol. The van der Waals surface area contributed by atoms with Crippen molar-refractivity contribution in [3.63, 3.8) is 0 Å². The van der Waals surface area contributed by atoms with Gasteiger partial charge in [0.25, 0.3) is 5.91 Å². The Hall–Kier alpha value is -1.06. The molecule has 4 heteroatoms. The van der Waals surface area contributed by atoms with Gasteiger partial charge < -0.3 is 11.1 Å². The first-order valence-electron chi connectivity index (χ1n) is 5.89. The summed E-state index contributed by atoms with van der Waals surface area (Å²) in [6.07, 6.45) is 2.33. The second kappa shape index (κ2) is 5.07. The summed E-state index contributed by atoms with van der Waals surface area (Å²) in [4.78, 5) is 12.1. The Kier molecular flexibility index (Phi) is 3.69. The lowest BCUT2D eigenvalue weighted by atomic mass is 10.1. The lowest BCUT2D eigenvalue weighted by Gasteiger charge is -2.17. The average Bonchev–Trinajstić information content (AvgIpc) is 3.13. The van der Waals surface area contributed by atoms with Crippen molar-refractivity contribution < 1.29 is 4.79 Å². The summed E-state index contributed by atoms with van der Waals surface area (Å²) in [7, 11) is 0. The molecule has 1 aliphatic carbocycles. The topological polar surface area (TPSA) is 55.1 Å². The SMILES string of the molecule is Cc1ccc(Cl)cc1C(=O)NC(CN)C1CC1. The smallest absolute Gasteiger partial charge is 0.251 e. The second-order valence-electron chi connectivity index (χ2n) is 4.61. The van der Waals surface area contributed by atoms with E-state index in [0.717, 1.165) is 18.4 Å². The molecule has 1 aromatic carbocycles. The van der Waals surface area contributed by atoms with Gasteiger partial charge in [-0.1, -0.05) is 17.7 Å². The predicted molar refractivity (Wildman–Crippen MR) is 69.2 cm³/mol. The maximum absolute atomic E-state index is 12.1. The summed E-state index contributed by atoms with van der Waals surface area (Å²) in [5.74, 6) is 0.482. The molecular formula is C13H17ClN2O. The van der Waals surface area contributed by atoms with E-state index in [2.05, 4.69) is 5.32 Å². The summed E-state index contributed by atoms with van der Waals surface area (Å²) in [6.45, 7) is 2.40. The molecule has 1 aromatic rings. The van der Waals surface area contributed by atoms with E-state index in [1.807, 2.05) is 13.0 Å². The van der Waals surface area contributed by atoms with E-state index in [-0.39, 0.29) is 11.9 Å². The van der Waals surface area contributed by atoms with Gasteiger partial charge in [0.05, 0.1) is 0 Å². The zero-order chi connectivity index (χ0) is 12.4. The fourth-order valence-corrected chi connectivity index (χ4v) is 2.12. The number of benzene rings is 1. The van der Waals surface area contributed by atoms with E-state index in [1.54, 1.807) is 12.1 Å². The normalized spacial score (nSPS) is 16.6. The fourth-order valence-electron chi connectivity index (χ4n) is 1.95. The van der Waals surface area contributed by atoms with Gasteiger partial charge in [-0.25, -0.2) is 0 Å². The molecule has 1 fully saturated rings. The highest BCUT2D eigenvalue weighted by atomic mass is 35.5. The maximum atomic E-state index is 12.1. The molecule has 3 nitrogen and oxygen atoms in total. The quantitative estimate of drug-likeness (QED) is 0.863. The first-order valence-corrected chi connectivity index (χ1v) is 6.26. The lowest BCUT2D eigenvalue weighted by molar-refractivity contribution is 0.0933. The van der Waals surface area contributed by atoms with Crippen molar-refractivity contribution in [2.45, 2.75) is 25.8 Å². The number of nitrogens with two attached hydrogens (primary N) is 1. The number of rotatable bonds is 4. The summed E-state index contributed by atoms with van der Waals surface area (Å²) in [5.41, 5.74) is 7.23. The van der Waals surface area contributed by atoms with Gasteiger partial charge in [0.15, 0.2) is 0 Å². The Balaban J connectivity index is 2.10. The molecule has 1 amide bonds. The lowest BCUT2D eigenvalue weighted by Crippen LogP contribution is -2.41. The third-order valence-corrected chi connectivity index (χ3v) is 3.44. The number of aryl methyl sites for hydroxylation is 1. The molecule has 0 saturated heterocycles. The van der Waals surface area contributed by atoms with Crippen LogP contribution in [-0.2, 0) is 0 Å². The fraction of sp³-hybridized carbons (Fsp3) is 0.462. The van der Waals surface area contributed by atoms with E-state index < -0.39 is 0 Å². The number of halogens is 1. The molecule has 2 rings (SSSR count). The molecule has 3 N–H and O–H groups in total. The van der Waals surface area contributed by atoms with Crippen LogP contribution in [0.5, 0.6) is 0 Å². The van der Waals surface area contributed by atoms with Gasteiger partial charge in [-0.3, -0.25) is 4.79 Å². The van der Waals surface area contributed by atoms with E-state index in [0.29, 0.717) is 23.0 Å². The molecule has 92 valence electrons. The van der Waals surface area contributed by atoms with Crippen LogP contribution in [0.15, 0.2) is 18.2 Å². The van der Waals surface area contributed by atoms with Crippen molar-refractivity contribution in [3.05, 3.63) is 34.3 Å². The van der Waals surface area contributed by atoms with Crippen LogP contribution >= 0.6 is 11.6 Å². The second-order valence-corrected chi connectivity index (χ2v) is 5.05. The minimum atomic E-state index is -0.0765. The Bertz CT molecular complexity index is 429. The molecule has 0 heterocycles. The van der Waals surface area contributed by atoms with Crippen LogP contribution in [0.4, 0.5) is 0 Å². The zero-order valence-electron chi connectivity index (χ0n) is 9.87. The van der Waals surface area contributed by atoms with Gasteiger partial charge in [-0.2, -0.15) is 0 Å². The first-order chi connectivity index (χ1) is 8.11. The minimum Gasteiger partial charge on any atom is -0.348 e. The number of nitrogens with one attached hydrogen (secondary N) is 1. The summed E-state index contributed by atoms with van der Waals surface area (Å²) >= 11 is 5.90. The third-order valence-electron chi connectivity index (χ3n) is 3.21. The van der Waals surface area contributed by atoms with Crippen molar-refractivity contribution in [2.75, 3.05) is 6.54 Å². The molecule has 17 heavy (non-hydrogen) atoms. The molecule has 0 radical (unpaired) electrons. The van der Waals surface area contributed by atoms with E-state index in [4.69, 9.17) is 17.3 Å². The van der Waals surface area contributed by atoms with E-state index >= 15 is 0 Å². The van der Waals surface area contributed by atoms with Crippen molar-refractivity contribution in [2.24, 2.45) is 11.7 Å². The van der Waals surface area contributed by atoms with Crippen molar-refractivity contribution in [3.8, 4) is 0 Å². The summed E-state index contributed by atoms with van der Waals surface area (Å²) in [6, 6.07) is 5.44. The molecule has 1 aliphatic rings. The Morgan fingerprint density at radius 3 is 2.88 bits per heavy atom. The molecule has 0 spiro atoms. The van der Waals surface area contributed by atoms with E-state index in [9.17, 15) is 4.79 Å². The molecule has 1 unspecified atom stereocenters. The van der Waals surface area contributed by atoms with Crippen LogP contribution in [0.3, 0.4) is 0 Å². The van der Waals surface area contributed by atoms with Crippen LogP contribution in [-0.4, -0.2) is 18.5 Å². The Labute approximate surface area is 106 Å². The highest BCUT2D eigenvalue weighted by molar-refractivity contribution is 6.31. The standard InChI is InChI=1S/C13H17ClN2O/c1-8-2-5-10(14)6-11(8)13(17)16-12(7-15)9-3-4-9/h2,5-6,9,12H,3-4,7,15H2,1H3,(H,16,17). The van der Waals surface area contributed by atoms with Crippen LogP contribution in [0, 0.1) is 12.8 Å². The Morgan fingerprint density at radius 2 is 2.29 bits per heavy atom.